The number of hydrogen-bond donors (Lipinski definition) is 1. The Balaban J connectivity index is 2.03. The fourth-order valence-electron chi connectivity index (χ4n) is 1.57. The maximum atomic E-state index is 13.6. The van der Waals surface area contributed by atoms with Gasteiger partial charge in [0.1, 0.15) is 5.82 Å². The molecule has 0 bridgehead atoms. The molecule has 0 heterocycles. The zero-order chi connectivity index (χ0) is 16.3. The van der Waals surface area contributed by atoms with Gasteiger partial charge in [0.15, 0.2) is 5.82 Å². The number of carbonyl (C=O) groups is 1. The summed E-state index contributed by atoms with van der Waals surface area (Å²) in [4.78, 5) is 12.5. The molecule has 2 nitrogen and oxygen atoms in total. The van der Waals surface area contributed by atoms with Crippen LogP contribution in [0.2, 0.25) is 10.0 Å². The van der Waals surface area contributed by atoms with Crippen molar-refractivity contribution in [3.05, 3.63) is 56.5 Å². The zero-order valence-corrected chi connectivity index (χ0v) is 14.7. The Morgan fingerprint density at radius 1 is 1.23 bits per heavy atom. The van der Waals surface area contributed by atoms with E-state index in [4.69, 9.17) is 23.2 Å². The molecule has 2 aromatic rings. The summed E-state index contributed by atoms with van der Waals surface area (Å²) in [6, 6.07) is 6.66. The van der Waals surface area contributed by atoms with Gasteiger partial charge in [-0.3, -0.25) is 4.79 Å². The molecule has 0 aliphatic rings. The molecule has 0 unspecified atom stereocenters. The second-order valence-corrected chi connectivity index (χ2v) is 6.87. The highest BCUT2D eigenvalue weighted by atomic mass is 79.9. The van der Waals surface area contributed by atoms with Gasteiger partial charge in [-0.15, -0.1) is 11.8 Å². The molecule has 0 atom stereocenters. The van der Waals surface area contributed by atoms with Gasteiger partial charge >= 0.3 is 0 Å². The Hall–Kier alpha value is -0.820. The van der Waals surface area contributed by atoms with E-state index in [0.717, 1.165) is 17.8 Å². The minimum absolute atomic E-state index is 0.00329. The molecule has 116 valence electrons. The van der Waals surface area contributed by atoms with Crippen molar-refractivity contribution in [2.45, 2.75) is 4.90 Å². The van der Waals surface area contributed by atoms with Crippen LogP contribution in [0.1, 0.15) is 0 Å². The first-order valence-electron chi connectivity index (χ1n) is 5.89. The number of nitrogens with one attached hydrogen (secondary N) is 1. The smallest absolute Gasteiger partial charge is 0.234 e. The fourth-order valence-corrected chi connectivity index (χ4v) is 3.37. The van der Waals surface area contributed by atoms with Crippen molar-refractivity contribution < 1.29 is 13.6 Å². The van der Waals surface area contributed by atoms with Gasteiger partial charge in [0.2, 0.25) is 5.91 Å². The van der Waals surface area contributed by atoms with Crippen LogP contribution in [0.3, 0.4) is 0 Å². The lowest BCUT2D eigenvalue weighted by atomic mass is 10.3. The predicted molar refractivity (Wildman–Crippen MR) is 89.9 cm³/mol. The first-order chi connectivity index (χ1) is 10.4. The van der Waals surface area contributed by atoms with Crippen molar-refractivity contribution in [3.8, 4) is 0 Å². The third-order valence-electron chi connectivity index (χ3n) is 2.52. The highest BCUT2D eigenvalue weighted by molar-refractivity contribution is 9.10. The van der Waals surface area contributed by atoms with Crippen LogP contribution < -0.4 is 5.32 Å². The van der Waals surface area contributed by atoms with Crippen molar-refractivity contribution in [3.63, 3.8) is 0 Å². The number of carbonyl (C=O) groups excluding carboxylic acids is 1. The maximum Gasteiger partial charge on any atom is 0.234 e. The Morgan fingerprint density at radius 2 is 1.95 bits per heavy atom. The lowest BCUT2D eigenvalue weighted by molar-refractivity contribution is -0.113. The Bertz CT molecular complexity index is 707. The van der Waals surface area contributed by atoms with Gasteiger partial charge in [-0.1, -0.05) is 23.2 Å². The van der Waals surface area contributed by atoms with E-state index >= 15 is 0 Å². The van der Waals surface area contributed by atoms with E-state index in [0.29, 0.717) is 21.0 Å². The number of thioether (sulfide) groups is 1. The summed E-state index contributed by atoms with van der Waals surface area (Å²) in [7, 11) is 0. The van der Waals surface area contributed by atoms with Crippen LogP contribution in [0.5, 0.6) is 0 Å². The normalized spacial score (nSPS) is 10.6. The quantitative estimate of drug-likeness (QED) is 0.629. The topological polar surface area (TPSA) is 29.1 Å². The lowest BCUT2D eigenvalue weighted by Gasteiger charge is -2.09. The number of rotatable bonds is 4. The number of benzene rings is 2. The van der Waals surface area contributed by atoms with Crippen LogP contribution in [0.15, 0.2) is 39.7 Å². The molecule has 1 N–H and O–H groups in total. The van der Waals surface area contributed by atoms with Crippen molar-refractivity contribution in [2.24, 2.45) is 0 Å². The van der Waals surface area contributed by atoms with Gasteiger partial charge in [0.25, 0.3) is 0 Å². The van der Waals surface area contributed by atoms with E-state index in [9.17, 15) is 13.6 Å². The van der Waals surface area contributed by atoms with Gasteiger partial charge in [-0.2, -0.15) is 0 Å². The minimum atomic E-state index is -0.856. The van der Waals surface area contributed by atoms with E-state index in [1.54, 1.807) is 18.2 Å². The van der Waals surface area contributed by atoms with Crippen LogP contribution in [-0.2, 0) is 4.79 Å². The average Bonchev–Trinajstić information content (AvgIpc) is 2.44. The number of anilines is 1. The number of halogens is 5. The summed E-state index contributed by atoms with van der Waals surface area (Å²) < 4.78 is 26.7. The molecule has 22 heavy (non-hydrogen) atoms. The molecular weight excluding hydrogens is 419 g/mol. The molecule has 8 heteroatoms. The third kappa shape index (κ3) is 4.59. The monoisotopic (exact) mass is 425 g/mol. The first-order valence-corrected chi connectivity index (χ1v) is 8.42. The van der Waals surface area contributed by atoms with Crippen LogP contribution in [0, 0.1) is 11.6 Å². The van der Waals surface area contributed by atoms with Crippen molar-refractivity contribution in [1.29, 1.82) is 0 Å². The first kappa shape index (κ1) is 17.5. The summed E-state index contributed by atoms with van der Waals surface area (Å²) in [5, 5.41) is 3.35. The molecule has 1 amide bonds. The molecule has 2 aromatic carbocycles. The highest BCUT2D eigenvalue weighted by Crippen LogP contribution is 2.31. The summed E-state index contributed by atoms with van der Waals surface area (Å²) in [5.74, 6) is -2.04. The van der Waals surface area contributed by atoms with Crippen LogP contribution in [0.25, 0.3) is 0 Å². The molecule has 2 rings (SSSR count). The minimum Gasteiger partial charge on any atom is -0.322 e. The molecule has 0 fully saturated rings. The Kier molecular flexibility index (Phi) is 6.09. The highest BCUT2D eigenvalue weighted by Gasteiger charge is 2.13. The van der Waals surface area contributed by atoms with Gasteiger partial charge in [0, 0.05) is 20.5 Å². The molecule has 0 spiro atoms. The van der Waals surface area contributed by atoms with Gasteiger partial charge < -0.3 is 5.32 Å². The summed E-state index contributed by atoms with van der Waals surface area (Å²) in [6.45, 7) is 0. The second-order valence-electron chi connectivity index (χ2n) is 4.16. The Morgan fingerprint density at radius 3 is 2.64 bits per heavy atom. The average molecular weight is 427 g/mol. The summed E-state index contributed by atoms with van der Waals surface area (Å²) in [5.41, 5.74) is -0.107. The molecule has 0 saturated carbocycles. The second kappa shape index (κ2) is 7.64. The molecular formula is C14H8BrCl2F2NOS. The van der Waals surface area contributed by atoms with Crippen LogP contribution in [0.4, 0.5) is 14.5 Å². The number of amides is 1. The summed E-state index contributed by atoms with van der Waals surface area (Å²) >= 11 is 16.0. The molecule has 0 saturated heterocycles. The van der Waals surface area contributed by atoms with Gasteiger partial charge in [-0.05, 0) is 40.2 Å². The van der Waals surface area contributed by atoms with Crippen molar-refractivity contribution in [1.82, 2.24) is 0 Å². The Labute approximate surface area is 148 Å². The van der Waals surface area contributed by atoms with Gasteiger partial charge in [-0.25, -0.2) is 8.78 Å². The fraction of sp³-hybridized carbons (Fsp3) is 0.0714. The van der Waals surface area contributed by atoms with E-state index in [1.807, 2.05) is 0 Å². The molecule has 0 aliphatic carbocycles. The van der Waals surface area contributed by atoms with E-state index in [2.05, 4.69) is 21.2 Å². The van der Waals surface area contributed by atoms with Crippen molar-refractivity contribution in [2.75, 3.05) is 11.1 Å². The maximum absolute atomic E-state index is 13.6. The molecule has 0 aliphatic heterocycles. The lowest BCUT2D eigenvalue weighted by Crippen LogP contribution is -2.15. The largest absolute Gasteiger partial charge is 0.322 e. The zero-order valence-electron chi connectivity index (χ0n) is 10.8. The predicted octanol–water partition coefficient (Wildman–Crippen LogP) is 5.76. The molecule has 0 radical (unpaired) electrons. The van der Waals surface area contributed by atoms with Crippen LogP contribution in [-0.4, -0.2) is 11.7 Å². The van der Waals surface area contributed by atoms with E-state index in [1.165, 1.54) is 0 Å². The standard InChI is InChI=1S/C14H8BrCl2F2NOS/c15-9-4-8(18)5-11(19)14(9)20-13(21)6-22-12-3-7(16)1-2-10(12)17/h1-5H,6H2,(H,20,21). The number of hydrogen-bond acceptors (Lipinski definition) is 2. The third-order valence-corrected chi connectivity index (χ3v) is 4.88. The van der Waals surface area contributed by atoms with Crippen molar-refractivity contribution >= 4 is 62.5 Å². The van der Waals surface area contributed by atoms with E-state index < -0.39 is 17.5 Å². The van der Waals surface area contributed by atoms with Gasteiger partial charge in [0.05, 0.1) is 16.5 Å². The van der Waals surface area contributed by atoms with Crippen LogP contribution >= 0.6 is 50.9 Å². The summed E-state index contributed by atoms with van der Waals surface area (Å²) in [6.07, 6.45) is 0. The van der Waals surface area contributed by atoms with E-state index in [-0.39, 0.29) is 15.9 Å². The molecule has 0 aromatic heterocycles. The SMILES string of the molecule is O=C(CSc1cc(Cl)ccc1Cl)Nc1c(F)cc(F)cc1Br.